The van der Waals surface area contributed by atoms with Crippen molar-refractivity contribution in [3.05, 3.63) is 53.6 Å². The number of nitrogen functional groups attached to an aromatic ring is 1. The van der Waals surface area contributed by atoms with E-state index in [-0.39, 0.29) is 0 Å². The molecule has 0 amide bonds. The van der Waals surface area contributed by atoms with Gasteiger partial charge < -0.3 is 5.43 Å². The van der Waals surface area contributed by atoms with E-state index in [1.165, 1.54) is 4.31 Å². The summed E-state index contributed by atoms with van der Waals surface area (Å²) in [4.78, 5) is 0.313. The van der Waals surface area contributed by atoms with Gasteiger partial charge in [0.2, 0.25) is 0 Å². The Morgan fingerprint density at radius 3 is 2.05 bits per heavy atom. The van der Waals surface area contributed by atoms with Crippen LogP contribution < -0.4 is 15.6 Å². The normalized spacial score (nSPS) is 11.2. The highest BCUT2D eigenvalue weighted by atomic mass is 32.2. The van der Waals surface area contributed by atoms with Gasteiger partial charge in [0.1, 0.15) is 0 Å². The zero-order valence-corrected chi connectivity index (χ0v) is 13.1. The molecule has 2 rings (SSSR count). The summed E-state index contributed by atoms with van der Waals surface area (Å²) in [7, 11) is -2.06. The fourth-order valence-corrected chi connectivity index (χ4v) is 3.96. The lowest BCUT2D eigenvalue weighted by Crippen LogP contribution is -2.28. The van der Waals surface area contributed by atoms with E-state index in [4.69, 9.17) is 5.84 Å². The number of benzene rings is 2. The molecule has 0 spiro atoms. The molecule has 0 aliphatic carbocycles. The zero-order chi connectivity index (χ0) is 15.6. The van der Waals surface area contributed by atoms with E-state index in [1.54, 1.807) is 45.2 Å². The van der Waals surface area contributed by atoms with Crippen LogP contribution in [0.1, 0.15) is 11.1 Å². The van der Waals surface area contributed by atoms with E-state index in [9.17, 15) is 8.42 Å². The summed E-state index contributed by atoms with van der Waals surface area (Å²) in [5.41, 5.74) is 5.16. The molecule has 6 heteroatoms. The van der Waals surface area contributed by atoms with Crippen molar-refractivity contribution in [2.75, 3.05) is 16.8 Å². The molecule has 0 saturated heterocycles. The van der Waals surface area contributed by atoms with Crippen LogP contribution in [0.2, 0.25) is 0 Å². The molecule has 112 valence electrons. The SMILES string of the molecule is Cc1cc(NN)cc(C)c1S(=O)(=O)N(C)c1ccccc1. The number of nitrogens with two attached hydrogens (primary N) is 1. The molecular weight excluding hydrogens is 286 g/mol. The summed E-state index contributed by atoms with van der Waals surface area (Å²) < 4.78 is 27.0. The number of nitrogens with zero attached hydrogens (tertiary/aromatic N) is 1. The summed E-state index contributed by atoms with van der Waals surface area (Å²) in [6, 6.07) is 12.4. The monoisotopic (exact) mass is 305 g/mol. The van der Waals surface area contributed by atoms with Gasteiger partial charge in [0.15, 0.2) is 0 Å². The first-order chi connectivity index (χ1) is 9.87. The van der Waals surface area contributed by atoms with Crippen LogP contribution in [-0.4, -0.2) is 15.5 Å². The molecule has 0 radical (unpaired) electrons. The number of hydrogen-bond acceptors (Lipinski definition) is 4. The summed E-state index contributed by atoms with van der Waals surface area (Å²) in [6.45, 7) is 3.53. The fraction of sp³-hybridized carbons (Fsp3) is 0.200. The maximum atomic E-state index is 12.8. The second-order valence-electron chi connectivity index (χ2n) is 4.89. The van der Waals surface area contributed by atoms with Gasteiger partial charge in [-0.05, 0) is 49.2 Å². The number of hydrazine groups is 1. The second kappa shape index (κ2) is 5.75. The first-order valence-electron chi connectivity index (χ1n) is 6.49. The van der Waals surface area contributed by atoms with Crippen molar-refractivity contribution in [1.82, 2.24) is 0 Å². The van der Waals surface area contributed by atoms with Gasteiger partial charge in [0.05, 0.1) is 10.6 Å². The van der Waals surface area contributed by atoms with Crippen LogP contribution >= 0.6 is 0 Å². The zero-order valence-electron chi connectivity index (χ0n) is 12.3. The van der Waals surface area contributed by atoms with Gasteiger partial charge in [-0.15, -0.1) is 0 Å². The minimum atomic E-state index is -3.61. The van der Waals surface area contributed by atoms with Crippen molar-refractivity contribution in [2.24, 2.45) is 5.84 Å². The second-order valence-corrected chi connectivity index (χ2v) is 6.80. The Kier molecular flexibility index (Phi) is 4.20. The number of sulfonamides is 1. The maximum absolute atomic E-state index is 12.8. The number of nitrogens with one attached hydrogen (secondary N) is 1. The molecule has 0 atom stereocenters. The lowest BCUT2D eigenvalue weighted by atomic mass is 10.1. The molecule has 0 heterocycles. The largest absolute Gasteiger partial charge is 0.324 e. The molecular formula is C15H19N3O2S. The highest BCUT2D eigenvalue weighted by Crippen LogP contribution is 2.28. The number of hydrogen-bond donors (Lipinski definition) is 2. The summed E-state index contributed by atoms with van der Waals surface area (Å²) >= 11 is 0. The Bertz CT molecular complexity index is 720. The third-order valence-electron chi connectivity index (χ3n) is 3.37. The van der Waals surface area contributed by atoms with Crippen LogP contribution in [0.4, 0.5) is 11.4 Å². The van der Waals surface area contributed by atoms with E-state index in [0.717, 1.165) is 0 Å². The minimum Gasteiger partial charge on any atom is -0.324 e. The number of anilines is 2. The number of para-hydroxylation sites is 1. The molecule has 0 aliphatic rings. The average Bonchev–Trinajstić information content (AvgIpc) is 2.46. The Hall–Kier alpha value is -2.05. The number of rotatable bonds is 4. The maximum Gasteiger partial charge on any atom is 0.264 e. The molecule has 2 aromatic carbocycles. The predicted molar refractivity (Wildman–Crippen MR) is 85.8 cm³/mol. The molecule has 2 aromatic rings. The molecule has 0 bridgehead atoms. The van der Waals surface area contributed by atoms with Crippen LogP contribution in [0, 0.1) is 13.8 Å². The third kappa shape index (κ3) is 2.86. The molecule has 0 fully saturated rings. The molecule has 0 aliphatic heterocycles. The standard InChI is InChI=1S/C15H19N3O2S/c1-11-9-13(17-16)10-12(2)15(11)21(19,20)18(3)14-7-5-4-6-8-14/h4-10,17H,16H2,1-3H3. The summed E-state index contributed by atoms with van der Waals surface area (Å²) in [5.74, 6) is 5.39. The van der Waals surface area contributed by atoms with Crippen LogP contribution in [0.5, 0.6) is 0 Å². The van der Waals surface area contributed by atoms with E-state index in [2.05, 4.69) is 5.43 Å². The van der Waals surface area contributed by atoms with Gasteiger partial charge in [-0.1, -0.05) is 18.2 Å². The molecule has 21 heavy (non-hydrogen) atoms. The Morgan fingerprint density at radius 2 is 1.57 bits per heavy atom. The summed E-state index contributed by atoms with van der Waals surface area (Å²) in [5, 5.41) is 0. The quantitative estimate of drug-likeness (QED) is 0.672. The van der Waals surface area contributed by atoms with Gasteiger partial charge in [-0.3, -0.25) is 10.1 Å². The lowest BCUT2D eigenvalue weighted by Gasteiger charge is -2.22. The molecule has 0 unspecified atom stereocenters. The Balaban J connectivity index is 2.55. The van der Waals surface area contributed by atoms with Crippen molar-refractivity contribution >= 4 is 21.4 Å². The Labute approximate surface area is 125 Å². The van der Waals surface area contributed by atoms with Gasteiger partial charge in [0.25, 0.3) is 10.0 Å². The predicted octanol–water partition coefficient (Wildman–Crippen LogP) is 2.41. The van der Waals surface area contributed by atoms with E-state index >= 15 is 0 Å². The van der Waals surface area contributed by atoms with Crippen LogP contribution in [-0.2, 0) is 10.0 Å². The van der Waals surface area contributed by atoms with Crippen LogP contribution in [0.3, 0.4) is 0 Å². The van der Waals surface area contributed by atoms with Crippen LogP contribution in [0.15, 0.2) is 47.4 Å². The first kappa shape index (κ1) is 15.3. The third-order valence-corrected chi connectivity index (χ3v) is 5.46. The Morgan fingerprint density at radius 1 is 1.05 bits per heavy atom. The highest BCUT2D eigenvalue weighted by Gasteiger charge is 2.25. The van der Waals surface area contributed by atoms with E-state index < -0.39 is 10.0 Å². The van der Waals surface area contributed by atoms with Crippen molar-refractivity contribution in [3.8, 4) is 0 Å². The fourth-order valence-electron chi connectivity index (χ4n) is 2.35. The van der Waals surface area contributed by atoms with Crippen molar-refractivity contribution in [1.29, 1.82) is 0 Å². The van der Waals surface area contributed by atoms with Crippen molar-refractivity contribution < 1.29 is 8.42 Å². The molecule has 5 nitrogen and oxygen atoms in total. The van der Waals surface area contributed by atoms with Crippen molar-refractivity contribution in [2.45, 2.75) is 18.7 Å². The van der Waals surface area contributed by atoms with Gasteiger partial charge in [-0.25, -0.2) is 8.42 Å². The smallest absolute Gasteiger partial charge is 0.264 e. The average molecular weight is 305 g/mol. The minimum absolute atomic E-state index is 0.313. The molecule has 0 aromatic heterocycles. The first-order valence-corrected chi connectivity index (χ1v) is 7.93. The number of aryl methyl sites for hydroxylation is 2. The van der Waals surface area contributed by atoms with E-state index in [0.29, 0.717) is 27.4 Å². The van der Waals surface area contributed by atoms with Gasteiger partial charge in [0, 0.05) is 12.7 Å². The van der Waals surface area contributed by atoms with Crippen molar-refractivity contribution in [3.63, 3.8) is 0 Å². The molecule has 0 saturated carbocycles. The highest BCUT2D eigenvalue weighted by molar-refractivity contribution is 7.92. The lowest BCUT2D eigenvalue weighted by molar-refractivity contribution is 0.593. The summed E-state index contributed by atoms with van der Waals surface area (Å²) in [6.07, 6.45) is 0. The van der Waals surface area contributed by atoms with E-state index in [1.807, 2.05) is 18.2 Å². The topological polar surface area (TPSA) is 75.4 Å². The van der Waals surface area contributed by atoms with Crippen LogP contribution in [0.25, 0.3) is 0 Å². The van der Waals surface area contributed by atoms with Gasteiger partial charge in [-0.2, -0.15) is 0 Å². The molecule has 3 N–H and O–H groups in total. The van der Waals surface area contributed by atoms with Gasteiger partial charge >= 0.3 is 0 Å².